The molecule has 0 radical (unpaired) electrons. The van der Waals surface area contributed by atoms with Crippen LogP contribution in [0, 0.1) is 5.92 Å². The van der Waals surface area contributed by atoms with Crippen LogP contribution in [0.4, 0.5) is 0 Å². The third kappa shape index (κ3) is 7.02. The molecule has 0 aromatic rings. The minimum absolute atomic E-state index is 0.408. The van der Waals surface area contributed by atoms with E-state index in [9.17, 15) is 14.7 Å². The smallest absolute Gasteiger partial charge is 0.277 e. The van der Waals surface area contributed by atoms with Gasteiger partial charge in [0.1, 0.15) is 0 Å². The average Bonchev–Trinajstić information content (AvgIpc) is 2.00. The van der Waals surface area contributed by atoms with Gasteiger partial charge in [0, 0.05) is 0 Å². The summed E-state index contributed by atoms with van der Waals surface area (Å²) in [5.41, 5.74) is 0. The molecule has 0 aliphatic rings. The molecule has 14 heavy (non-hydrogen) atoms. The van der Waals surface area contributed by atoms with Crippen LogP contribution in [0.5, 0.6) is 0 Å². The second kappa shape index (κ2) is 7.02. The van der Waals surface area contributed by atoms with Crippen LogP contribution >= 0.6 is 6.72 Å². The largest absolute Gasteiger partial charge is 0.329 e. The minimum Gasteiger partial charge on any atom is -0.329 e. The van der Waals surface area contributed by atoms with Crippen LogP contribution in [0.2, 0.25) is 0 Å². The summed E-state index contributed by atoms with van der Waals surface area (Å²) in [5, 5.41) is 0. The fourth-order valence-electron chi connectivity index (χ4n) is 1.21. The maximum Gasteiger partial charge on any atom is 0.277 e. The van der Waals surface area contributed by atoms with Crippen molar-refractivity contribution < 1.29 is 14.7 Å². The van der Waals surface area contributed by atoms with Gasteiger partial charge in [0.2, 0.25) is 0 Å². The molecule has 0 rings (SSSR count). The van der Waals surface area contributed by atoms with Gasteiger partial charge in [-0.2, -0.15) is 0 Å². The Morgan fingerprint density at radius 3 is 2.07 bits per heavy atom. The second-order valence-corrected chi connectivity index (χ2v) is 9.66. The number of unbranched alkanes of at least 4 members (excludes halogenated alkanes) is 2. The molecule has 0 aliphatic carbocycles. The maximum atomic E-state index is 9.26. The molecule has 0 amide bonds. The Hall–Kier alpha value is 0.660. The van der Waals surface area contributed by atoms with Gasteiger partial charge < -0.3 is 14.7 Å². The highest BCUT2D eigenvalue weighted by Crippen LogP contribution is 2.37. The quantitative estimate of drug-likeness (QED) is 0.494. The summed E-state index contributed by atoms with van der Waals surface area (Å²) in [6, 6.07) is 0. The lowest BCUT2D eigenvalue weighted by Crippen LogP contribution is -2.10. The molecule has 0 bridgehead atoms. The third-order valence-corrected chi connectivity index (χ3v) is 7.43. The number of rotatable bonds is 6. The van der Waals surface area contributed by atoms with Crippen LogP contribution in [0.3, 0.4) is 0 Å². The highest BCUT2D eigenvalue weighted by atomic mass is 32.5. The van der Waals surface area contributed by atoms with Gasteiger partial charge in [-0.05, 0) is 23.8 Å². The Labute approximate surface area is 89.4 Å². The Morgan fingerprint density at radius 1 is 1.14 bits per heavy atom. The van der Waals surface area contributed by atoms with Crippen LogP contribution in [-0.2, 0) is 10.1 Å². The Morgan fingerprint density at radius 2 is 1.71 bits per heavy atom. The summed E-state index contributed by atoms with van der Waals surface area (Å²) in [6.07, 6.45) is 3.20. The summed E-state index contributed by atoms with van der Waals surface area (Å²) in [5.74, 6) is 1.88. The standard InChI is InChI=1S/C9H23O3PS/c1-4-5-6-7-14(8-9(2)3)13(10,11)12/h9-12H,4-8H2,1-3H3. The van der Waals surface area contributed by atoms with Crippen LogP contribution in [-0.4, -0.2) is 26.2 Å². The molecule has 5 heteroatoms. The van der Waals surface area contributed by atoms with E-state index < -0.39 is 16.8 Å². The van der Waals surface area contributed by atoms with Crippen molar-refractivity contribution >= 4 is 16.8 Å². The van der Waals surface area contributed by atoms with Gasteiger partial charge >= 0.3 is 0 Å². The Kier molecular flexibility index (Phi) is 7.35. The number of hydrogen-bond donors (Lipinski definition) is 3. The fourth-order valence-corrected chi connectivity index (χ4v) is 5.74. The van der Waals surface area contributed by atoms with Crippen molar-refractivity contribution in [1.82, 2.24) is 0 Å². The highest BCUT2D eigenvalue weighted by molar-refractivity contribution is 8.27. The summed E-state index contributed by atoms with van der Waals surface area (Å²) >= 11 is 0. The lowest BCUT2D eigenvalue weighted by molar-refractivity contribution is 0.362. The summed E-state index contributed by atoms with van der Waals surface area (Å²) < 4.78 is 0. The summed E-state index contributed by atoms with van der Waals surface area (Å²) in [4.78, 5) is 27.8. The first-order chi connectivity index (χ1) is 6.38. The zero-order valence-electron chi connectivity index (χ0n) is 9.31. The van der Waals surface area contributed by atoms with Crippen molar-refractivity contribution in [3.8, 4) is 0 Å². The van der Waals surface area contributed by atoms with Crippen LogP contribution in [0.25, 0.3) is 0 Å². The molecule has 0 heterocycles. The van der Waals surface area contributed by atoms with E-state index in [0.29, 0.717) is 5.92 Å². The fraction of sp³-hybridized carbons (Fsp3) is 1.00. The lowest BCUT2D eigenvalue weighted by atomic mass is 10.3. The van der Waals surface area contributed by atoms with Crippen molar-refractivity contribution in [2.24, 2.45) is 5.92 Å². The molecule has 0 aliphatic heterocycles. The summed E-state index contributed by atoms with van der Waals surface area (Å²) in [6.45, 7) is 2.59. The minimum atomic E-state index is -3.59. The average molecular weight is 242 g/mol. The molecule has 1 atom stereocenters. The first kappa shape index (κ1) is 14.7. The molecular weight excluding hydrogens is 219 g/mol. The van der Waals surface area contributed by atoms with E-state index in [-0.39, 0.29) is 0 Å². The summed E-state index contributed by atoms with van der Waals surface area (Å²) in [7, 11) is -0.596. The van der Waals surface area contributed by atoms with E-state index in [4.69, 9.17) is 0 Å². The number of hydrogen-bond acceptors (Lipinski definition) is 0. The van der Waals surface area contributed by atoms with E-state index in [1.54, 1.807) is 0 Å². The molecule has 3 nitrogen and oxygen atoms in total. The third-order valence-electron chi connectivity index (χ3n) is 1.86. The van der Waals surface area contributed by atoms with E-state index in [0.717, 1.165) is 30.8 Å². The zero-order chi connectivity index (χ0) is 11.2. The molecule has 1 unspecified atom stereocenters. The molecule has 88 valence electrons. The Bertz CT molecular complexity index is 202. The molecule has 0 aromatic carbocycles. The van der Waals surface area contributed by atoms with Crippen molar-refractivity contribution in [3.05, 3.63) is 0 Å². The van der Waals surface area contributed by atoms with E-state index >= 15 is 0 Å². The predicted octanol–water partition coefficient (Wildman–Crippen LogP) is 2.11. The molecule has 0 aromatic heterocycles. The molecular formula is C9H23O3PS. The van der Waals surface area contributed by atoms with Crippen LogP contribution < -0.4 is 0 Å². The van der Waals surface area contributed by atoms with Crippen molar-refractivity contribution in [1.29, 1.82) is 0 Å². The van der Waals surface area contributed by atoms with Gasteiger partial charge in [-0.25, -0.2) is 0 Å². The van der Waals surface area contributed by atoms with Crippen LogP contribution in [0.1, 0.15) is 40.0 Å². The molecule has 0 saturated heterocycles. The van der Waals surface area contributed by atoms with Crippen molar-refractivity contribution in [2.75, 3.05) is 11.5 Å². The second-order valence-electron chi connectivity index (χ2n) is 3.95. The van der Waals surface area contributed by atoms with Gasteiger partial charge in [-0.1, -0.05) is 33.6 Å². The normalized spacial score (nSPS) is 14.8. The maximum absolute atomic E-state index is 9.26. The van der Waals surface area contributed by atoms with Gasteiger partial charge in [0.15, 0.2) is 0 Å². The molecule has 3 N–H and O–H groups in total. The first-order valence-corrected chi connectivity index (χ1v) is 8.95. The highest BCUT2D eigenvalue weighted by Gasteiger charge is 2.13. The van der Waals surface area contributed by atoms with Crippen molar-refractivity contribution in [3.63, 3.8) is 0 Å². The van der Waals surface area contributed by atoms with E-state index in [1.165, 1.54) is 0 Å². The SMILES string of the molecule is CCCCCS(CC(C)C)=P(O)(O)O. The van der Waals surface area contributed by atoms with E-state index in [2.05, 4.69) is 6.92 Å². The lowest BCUT2D eigenvalue weighted by Gasteiger charge is -2.17. The monoisotopic (exact) mass is 242 g/mol. The molecule has 0 fully saturated rings. The first-order valence-electron chi connectivity index (χ1n) is 5.13. The predicted molar refractivity (Wildman–Crippen MR) is 65.0 cm³/mol. The zero-order valence-corrected chi connectivity index (χ0v) is 11.0. The van der Waals surface area contributed by atoms with Crippen LogP contribution in [0.15, 0.2) is 0 Å². The Balaban J connectivity index is 4.29. The van der Waals surface area contributed by atoms with E-state index in [1.807, 2.05) is 13.8 Å². The van der Waals surface area contributed by atoms with Crippen molar-refractivity contribution in [2.45, 2.75) is 40.0 Å². The topological polar surface area (TPSA) is 60.7 Å². The molecule has 0 spiro atoms. The molecule has 0 saturated carbocycles. The van der Waals surface area contributed by atoms with Gasteiger partial charge in [-0.3, -0.25) is 0 Å². The van der Waals surface area contributed by atoms with Gasteiger partial charge in [-0.15, -0.1) is 10.1 Å². The van der Waals surface area contributed by atoms with Gasteiger partial charge in [0.05, 0.1) is 0 Å². The van der Waals surface area contributed by atoms with Gasteiger partial charge in [0.25, 0.3) is 6.72 Å².